The van der Waals surface area contributed by atoms with Gasteiger partial charge in [0.05, 0.1) is 0 Å². The molecule has 3 heteroatoms. The summed E-state index contributed by atoms with van der Waals surface area (Å²) < 4.78 is 0. The maximum atomic E-state index is 3.73. The summed E-state index contributed by atoms with van der Waals surface area (Å²) in [5, 5.41) is 3.73. The van der Waals surface area contributed by atoms with Crippen molar-refractivity contribution in [2.24, 2.45) is 5.92 Å². The van der Waals surface area contributed by atoms with Gasteiger partial charge in [-0.1, -0.05) is 20.8 Å². The first-order valence-corrected chi connectivity index (χ1v) is 7.65. The first kappa shape index (κ1) is 15.9. The maximum absolute atomic E-state index is 3.73. The van der Waals surface area contributed by atoms with Gasteiger partial charge in [0.25, 0.3) is 0 Å². The Balaban J connectivity index is 2.38. The molecule has 0 aromatic rings. The number of nitrogens with zero attached hydrogens (tertiary/aromatic N) is 2. The van der Waals surface area contributed by atoms with Crippen molar-refractivity contribution in [2.45, 2.75) is 52.1 Å². The van der Waals surface area contributed by atoms with E-state index in [-0.39, 0.29) is 0 Å². The SMILES string of the molecule is CCC1CNC(CC(C)C)CN1CCCN(C)C. The first-order chi connectivity index (χ1) is 8.52. The summed E-state index contributed by atoms with van der Waals surface area (Å²) in [6.45, 7) is 11.8. The highest BCUT2D eigenvalue weighted by molar-refractivity contribution is 4.85. The fourth-order valence-electron chi connectivity index (χ4n) is 2.92. The molecule has 2 unspecified atom stereocenters. The average molecular weight is 255 g/mol. The van der Waals surface area contributed by atoms with Crippen LogP contribution in [0.3, 0.4) is 0 Å². The molecule has 0 aromatic heterocycles. The number of hydrogen-bond acceptors (Lipinski definition) is 3. The van der Waals surface area contributed by atoms with Crippen LogP contribution in [0.25, 0.3) is 0 Å². The normalized spacial score (nSPS) is 26.2. The summed E-state index contributed by atoms with van der Waals surface area (Å²) >= 11 is 0. The Bertz CT molecular complexity index is 216. The van der Waals surface area contributed by atoms with Crippen LogP contribution in [0.5, 0.6) is 0 Å². The zero-order chi connectivity index (χ0) is 13.5. The van der Waals surface area contributed by atoms with Gasteiger partial charge in [-0.15, -0.1) is 0 Å². The van der Waals surface area contributed by atoms with E-state index in [1.165, 1.54) is 45.4 Å². The lowest BCUT2D eigenvalue weighted by atomic mass is 9.99. The Morgan fingerprint density at radius 3 is 2.61 bits per heavy atom. The quantitative estimate of drug-likeness (QED) is 0.751. The van der Waals surface area contributed by atoms with E-state index >= 15 is 0 Å². The van der Waals surface area contributed by atoms with E-state index in [1.807, 2.05) is 0 Å². The Morgan fingerprint density at radius 1 is 1.33 bits per heavy atom. The minimum Gasteiger partial charge on any atom is -0.311 e. The fourth-order valence-corrected chi connectivity index (χ4v) is 2.92. The van der Waals surface area contributed by atoms with Gasteiger partial charge >= 0.3 is 0 Å². The summed E-state index contributed by atoms with van der Waals surface area (Å²) in [4.78, 5) is 5.00. The lowest BCUT2D eigenvalue weighted by molar-refractivity contribution is 0.114. The van der Waals surface area contributed by atoms with Crippen molar-refractivity contribution in [3.8, 4) is 0 Å². The minimum absolute atomic E-state index is 0.701. The molecule has 0 amide bonds. The topological polar surface area (TPSA) is 18.5 Å². The molecule has 0 spiro atoms. The van der Waals surface area contributed by atoms with Crippen molar-refractivity contribution in [3.05, 3.63) is 0 Å². The second kappa shape index (κ2) is 8.13. The van der Waals surface area contributed by atoms with Gasteiger partial charge in [0.15, 0.2) is 0 Å². The Labute approximate surface area is 114 Å². The van der Waals surface area contributed by atoms with Crippen molar-refractivity contribution < 1.29 is 0 Å². The summed E-state index contributed by atoms with van der Waals surface area (Å²) in [5.41, 5.74) is 0. The monoisotopic (exact) mass is 255 g/mol. The molecular formula is C15H33N3. The third-order valence-electron chi connectivity index (χ3n) is 3.89. The maximum Gasteiger partial charge on any atom is 0.0218 e. The zero-order valence-electron chi connectivity index (χ0n) is 13.1. The highest BCUT2D eigenvalue weighted by Crippen LogP contribution is 2.15. The highest BCUT2D eigenvalue weighted by atomic mass is 15.2. The van der Waals surface area contributed by atoms with Gasteiger partial charge in [-0.05, 0) is 52.4 Å². The summed E-state index contributed by atoms with van der Waals surface area (Å²) in [7, 11) is 4.33. The molecule has 0 aromatic carbocycles. The van der Waals surface area contributed by atoms with Gasteiger partial charge in [-0.3, -0.25) is 4.90 Å². The molecule has 1 rings (SSSR count). The number of hydrogen-bond donors (Lipinski definition) is 1. The predicted octanol–water partition coefficient (Wildman–Crippen LogP) is 2.04. The minimum atomic E-state index is 0.701. The Kier molecular flexibility index (Phi) is 7.20. The Morgan fingerprint density at radius 2 is 2.06 bits per heavy atom. The summed E-state index contributed by atoms with van der Waals surface area (Å²) in [5.74, 6) is 0.796. The van der Waals surface area contributed by atoms with Crippen LogP contribution in [0, 0.1) is 5.92 Å². The third kappa shape index (κ3) is 5.68. The van der Waals surface area contributed by atoms with Crippen LogP contribution in [-0.4, -0.2) is 62.2 Å². The molecule has 1 fully saturated rings. The first-order valence-electron chi connectivity index (χ1n) is 7.65. The average Bonchev–Trinajstić information content (AvgIpc) is 2.28. The van der Waals surface area contributed by atoms with Crippen molar-refractivity contribution in [1.82, 2.24) is 15.1 Å². The third-order valence-corrected chi connectivity index (χ3v) is 3.89. The largest absolute Gasteiger partial charge is 0.311 e. The van der Waals surface area contributed by atoms with E-state index in [1.54, 1.807) is 0 Å². The van der Waals surface area contributed by atoms with Gasteiger partial charge in [0, 0.05) is 25.2 Å². The second-order valence-corrected chi connectivity index (χ2v) is 6.45. The number of piperazine rings is 1. The van der Waals surface area contributed by atoms with Crippen molar-refractivity contribution in [1.29, 1.82) is 0 Å². The van der Waals surface area contributed by atoms with Crippen LogP contribution in [0.15, 0.2) is 0 Å². The van der Waals surface area contributed by atoms with Gasteiger partial charge < -0.3 is 10.2 Å². The standard InChI is InChI=1S/C15H33N3/c1-6-15-11-16-14(10-13(2)3)12-18(15)9-7-8-17(4)5/h13-16H,6-12H2,1-5H3. The van der Waals surface area contributed by atoms with Gasteiger partial charge in [-0.25, -0.2) is 0 Å². The molecule has 3 nitrogen and oxygen atoms in total. The molecule has 0 bridgehead atoms. The molecule has 1 heterocycles. The van der Waals surface area contributed by atoms with Crippen LogP contribution < -0.4 is 5.32 Å². The van der Waals surface area contributed by atoms with E-state index < -0.39 is 0 Å². The lowest BCUT2D eigenvalue weighted by Gasteiger charge is -2.41. The molecule has 1 aliphatic rings. The van der Waals surface area contributed by atoms with Crippen molar-refractivity contribution in [3.63, 3.8) is 0 Å². The lowest BCUT2D eigenvalue weighted by Crippen LogP contribution is -2.56. The van der Waals surface area contributed by atoms with E-state index in [2.05, 4.69) is 50.0 Å². The number of rotatable bonds is 7. The molecule has 1 N–H and O–H groups in total. The second-order valence-electron chi connectivity index (χ2n) is 6.45. The van der Waals surface area contributed by atoms with E-state index in [9.17, 15) is 0 Å². The zero-order valence-corrected chi connectivity index (χ0v) is 13.1. The fraction of sp³-hybridized carbons (Fsp3) is 1.00. The molecule has 0 saturated carbocycles. The Hall–Kier alpha value is -0.120. The molecule has 0 aliphatic carbocycles. The molecule has 0 radical (unpaired) electrons. The van der Waals surface area contributed by atoms with Crippen molar-refractivity contribution in [2.75, 3.05) is 40.3 Å². The molecule has 18 heavy (non-hydrogen) atoms. The highest BCUT2D eigenvalue weighted by Gasteiger charge is 2.26. The van der Waals surface area contributed by atoms with E-state index in [4.69, 9.17) is 0 Å². The predicted molar refractivity (Wildman–Crippen MR) is 80.1 cm³/mol. The molecule has 2 atom stereocenters. The smallest absolute Gasteiger partial charge is 0.0218 e. The van der Waals surface area contributed by atoms with Crippen LogP contribution in [0.1, 0.15) is 40.0 Å². The molecule has 1 saturated heterocycles. The van der Waals surface area contributed by atoms with Crippen LogP contribution in [-0.2, 0) is 0 Å². The van der Waals surface area contributed by atoms with Crippen LogP contribution in [0.4, 0.5) is 0 Å². The van der Waals surface area contributed by atoms with E-state index in [0.29, 0.717) is 6.04 Å². The summed E-state index contributed by atoms with van der Waals surface area (Å²) in [6, 6.07) is 1.45. The van der Waals surface area contributed by atoms with Crippen LogP contribution >= 0.6 is 0 Å². The van der Waals surface area contributed by atoms with Crippen LogP contribution in [0.2, 0.25) is 0 Å². The van der Waals surface area contributed by atoms with Gasteiger partial charge in [0.2, 0.25) is 0 Å². The van der Waals surface area contributed by atoms with E-state index in [0.717, 1.165) is 12.0 Å². The van der Waals surface area contributed by atoms with Crippen molar-refractivity contribution >= 4 is 0 Å². The number of nitrogens with one attached hydrogen (secondary N) is 1. The summed E-state index contributed by atoms with van der Waals surface area (Å²) in [6.07, 6.45) is 3.86. The molecule has 108 valence electrons. The molecular weight excluding hydrogens is 222 g/mol. The van der Waals surface area contributed by atoms with Gasteiger partial charge in [-0.2, -0.15) is 0 Å². The van der Waals surface area contributed by atoms with Gasteiger partial charge in [0.1, 0.15) is 0 Å². The molecule has 1 aliphatic heterocycles.